The molecule has 0 aliphatic heterocycles. The summed E-state index contributed by atoms with van der Waals surface area (Å²) in [5.41, 5.74) is 0. The number of hydrogen-bond donors (Lipinski definition) is 0. The molecule has 62 valence electrons. The second-order valence-electron chi connectivity index (χ2n) is 3.28. The van der Waals surface area contributed by atoms with Crippen LogP contribution >= 0.6 is 0 Å². The summed E-state index contributed by atoms with van der Waals surface area (Å²) in [7, 11) is 1.10. The van der Waals surface area contributed by atoms with Crippen LogP contribution < -0.4 is 0 Å². The zero-order valence-electron chi connectivity index (χ0n) is 7.68. The fourth-order valence-corrected chi connectivity index (χ4v) is 3.54. The Bertz CT molecular complexity index is 73.7. The highest BCUT2D eigenvalue weighted by Crippen LogP contribution is 2.10. The van der Waals surface area contributed by atoms with Gasteiger partial charge in [0.25, 0.3) is 0 Å². The molecule has 0 aromatic carbocycles. The third-order valence-electron chi connectivity index (χ3n) is 1.68. The third kappa shape index (κ3) is 5.00. The summed E-state index contributed by atoms with van der Waals surface area (Å²) >= 11 is 0. The zero-order valence-corrected chi connectivity index (χ0v) is 8.84. The molecule has 0 saturated carbocycles. The van der Waals surface area contributed by atoms with Crippen molar-refractivity contribution in [3.8, 4) is 0 Å². The van der Waals surface area contributed by atoms with Crippen molar-refractivity contribution < 1.29 is 4.43 Å². The molecule has 1 unspecified atom stereocenters. The summed E-state index contributed by atoms with van der Waals surface area (Å²) < 4.78 is 5.44. The second kappa shape index (κ2) is 5.92. The zero-order chi connectivity index (χ0) is 7.98. The van der Waals surface area contributed by atoms with E-state index in [0.29, 0.717) is 0 Å². The van der Waals surface area contributed by atoms with Crippen LogP contribution in [0.25, 0.3) is 0 Å². The Kier molecular flexibility index (Phi) is 6.03. The fourth-order valence-electron chi connectivity index (χ4n) is 1.18. The predicted molar refractivity (Wildman–Crippen MR) is 48.9 cm³/mol. The van der Waals surface area contributed by atoms with E-state index in [1.54, 1.807) is 0 Å². The highest BCUT2D eigenvalue weighted by atomic mass is 28.3. The normalized spacial score (nSPS) is 14.1. The van der Waals surface area contributed by atoms with Gasteiger partial charge in [-0.15, -0.1) is 0 Å². The van der Waals surface area contributed by atoms with Gasteiger partial charge in [0.05, 0.1) is 0 Å². The molecule has 0 spiro atoms. The first kappa shape index (κ1) is 10.2. The lowest BCUT2D eigenvalue weighted by Gasteiger charge is -2.13. The summed E-state index contributed by atoms with van der Waals surface area (Å²) in [6.45, 7) is 6.78. The summed E-state index contributed by atoms with van der Waals surface area (Å²) in [5.74, 6) is 0.822. The molecule has 0 aromatic rings. The topological polar surface area (TPSA) is 9.23 Å². The Balaban J connectivity index is 3.39. The van der Waals surface area contributed by atoms with Gasteiger partial charge < -0.3 is 4.43 Å². The van der Waals surface area contributed by atoms with E-state index in [1.165, 1.54) is 18.5 Å². The summed E-state index contributed by atoms with van der Waals surface area (Å²) in [4.78, 5) is 0. The lowest BCUT2D eigenvalue weighted by Crippen LogP contribution is -2.17. The van der Waals surface area contributed by atoms with Gasteiger partial charge in [-0.3, -0.25) is 0 Å². The molecule has 1 nitrogen and oxygen atoms in total. The molecule has 0 amide bonds. The Labute approximate surface area is 66.5 Å². The predicted octanol–water partition coefficient (Wildman–Crippen LogP) is 2.42. The van der Waals surface area contributed by atoms with Crippen LogP contribution in [0.1, 0.15) is 27.2 Å². The van der Waals surface area contributed by atoms with Crippen LogP contribution in [-0.2, 0) is 4.43 Å². The van der Waals surface area contributed by atoms with Crippen molar-refractivity contribution in [2.24, 2.45) is 5.92 Å². The standard InChI is InChI=1S/C8H20OSi/c1-5-6-10(9-4)7-8(2)3/h8,10H,5-7H2,1-4H3. The molecule has 0 N–H and O–H groups in total. The first-order valence-electron chi connectivity index (χ1n) is 4.23. The lowest BCUT2D eigenvalue weighted by atomic mass is 10.3. The van der Waals surface area contributed by atoms with Crippen molar-refractivity contribution >= 4 is 9.04 Å². The van der Waals surface area contributed by atoms with Crippen LogP contribution in [-0.4, -0.2) is 16.2 Å². The number of hydrogen-bond acceptors (Lipinski definition) is 1. The smallest absolute Gasteiger partial charge is 0.176 e. The lowest BCUT2D eigenvalue weighted by molar-refractivity contribution is 0.409. The first-order valence-corrected chi connectivity index (χ1v) is 6.33. The van der Waals surface area contributed by atoms with E-state index in [9.17, 15) is 0 Å². The third-order valence-corrected chi connectivity index (χ3v) is 5.03. The molecule has 0 aliphatic carbocycles. The van der Waals surface area contributed by atoms with Crippen molar-refractivity contribution in [3.05, 3.63) is 0 Å². The van der Waals surface area contributed by atoms with Crippen LogP contribution in [0.3, 0.4) is 0 Å². The molecular formula is C8H20OSi. The van der Waals surface area contributed by atoms with E-state index < -0.39 is 9.04 Å². The molecular weight excluding hydrogens is 140 g/mol. The van der Waals surface area contributed by atoms with Crippen molar-refractivity contribution in [3.63, 3.8) is 0 Å². The molecule has 1 atom stereocenters. The van der Waals surface area contributed by atoms with Gasteiger partial charge in [-0.05, 0) is 18.0 Å². The second-order valence-corrected chi connectivity index (χ2v) is 6.04. The van der Waals surface area contributed by atoms with Crippen molar-refractivity contribution in [2.75, 3.05) is 7.11 Å². The molecule has 0 fully saturated rings. The molecule has 0 aliphatic rings. The Hall–Kier alpha value is 0.177. The highest BCUT2D eigenvalue weighted by molar-refractivity contribution is 6.51. The van der Waals surface area contributed by atoms with E-state index >= 15 is 0 Å². The van der Waals surface area contributed by atoms with Crippen LogP contribution in [0.4, 0.5) is 0 Å². The molecule has 0 aromatic heterocycles. The summed E-state index contributed by atoms with van der Waals surface area (Å²) in [6, 6.07) is 2.68. The average Bonchev–Trinajstić information content (AvgIpc) is 1.86. The Morgan fingerprint density at radius 1 is 1.40 bits per heavy atom. The highest BCUT2D eigenvalue weighted by Gasteiger charge is 2.10. The molecule has 2 heteroatoms. The van der Waals surface area contributed by atoms with Gasteiger partial charge in [0.2, 0.25) is 0 Å². The van der Waals surface area contributed by atoms with Gasteiger partial charge in [0.15, 0.2) is 9.04 Å². The van der Waals surface area contributed by atoms with Crippen molar-refractivity contribution in [1.82, 2.24) is 0 Å². The van der Waals surface area contributed by atoms with E-state index in [4.69, 9.17) is 4.43 Å². The largest absolute Gasteiger partial charge is 0.423 e. The minimum Gasteiger partial charge on any atom is -0.423 e. The van der Waals surface area contributed by atoms with Gasteiger partial charge in [-0.2, -0.15) is 0 Å². The molecule has 0 saturated heterocycles. The van der Waals surface area contributed by atoms with E-state index in [2.05, 4.69) is 20.8 Å². The van der Waals surface area contributed by atoms with Crippen LogP contribution in [0, 0.1) is 5.92 Å². The SMILES string of the molecule is CCC[SiH](CC(C)C)OC. The molecule has 0 heterocycles. The maximum atomic E-state index is 5.44. The van der Waals surface area contributed by atoms with Gasteiger partial charge in [0, 0.05) is 7.11 Å². The van der Waals surface area contributed by atoms with Gasteiger partial charge >= 0.3 is 0 Å². The molecule has 10 heavy (non-hydrogen) atoms. The summed E-state index contributed by atoms with van der Waals surface area (Å²) in [5, 5.41) is 0. The molecule has 0 radical (unpaired) electrons. The van der Waals surface area contributed by atoms with Gasteiger partial charge in [0.1, 0.15) is 0 Å². The number of rotatable bonds is 5. The summed E-state index contributed by atoms with van der Waals surface area (Å²) in [6.07, 6.45) is 1.29. The van der Waals surface area contributed by atoms with E-state index in [-0.39, 0.29) is 0 Å². The maximum absolute atomic E-state index is 5.44. The monoisotopic (exact) mass is 160 g/mol. The average molecular weight is 160 g/mol. The molecule has 0 rings (SSSR count). The van der Waals surface area contributed by atoms with Crippen molar-refractivity contribution in [1.29, 1.82) is 0 Å². The maximum Gasteiger partial charge on any atom is 0.176 e. The van der Waals surface area contributed by atoms with Crippen molar-refractivity contribution in [2.45, 2.75) is 39.3 Å². The van der Waals surface area contributed by atoms with Crippen LogP contribution in [0.5, 0.6) is 0 Å². The fraction of sp³-hybridized carbons (Fsp3) is 1.00. The van der Waals surface area contributed by atoms with Gasteiger partial charge in [-0.25, -0.2) is 0 Å². The Morgan fingerprint density at radius 3 is 2.30 bits per heavy atom. The van der Waals surface area contributed by atoms with E-state index in [0.717, 1.165) is 5.92 Å². The van der Waals surface area contributed by atoms with E-state index in [1.807, 2.05) is 7.11 Å². The minimum atomic E-state index is -0.771. The molecule has 0 bridgehead atoms. The quantitative estimate of drug-likeness (QED) is 0.561. The minimum absolute atomic E-state index is 0.771. The Morgan fingerprint density at radius 2 is 2.00 bits per heavy atom. The van der Waals surface area contributed by atoms with Crippen LogP contribution in [0.2, 0.25) is 12.1 Å². The van der Waals surface area contributed by atoms with Crippen LogP contribution in [0.15, 0.2) is 0 Å². The van der Waals surface area contributed by atoms with Gasteiger partial charge in [-0.1, -0.05) is 27.2 Å². The first-order chi connectivity index (χ1) is 4.70.